The Morgan fingerprint density at radius 3 is 2.85 bits per heavy atom. The fraction of sp³-hybridized carbons (Fsp3) is 0.333. The summed E-state index contributed by atoms with van der Waals surface area (Å²) in [5.74, 6) is 1.22. The second-order valence-electron chi connectivity index (χ2n) is 5.79. The van der Waals surface area contributed by atoms with E-state index in [1.165, 1.54) is 27.2 Å². The molecule has 0 unspecified atom stereocenters. The van der Waals surface area contributed by atoms with Crippen LogP contribution in [0.15, 0.2) is 39.5 Å². The molecular weight excluding hydrogens is 356 g/mol. The number of nitrogens with zero attached hydrogens (tertiary/aromatic N) is 8. The van der Waals surface area contributed by atoms with Gasteiger partial charge in [-0.15, -0.1) is 5.10 Å². The summed E-state index contributed by atoms with van der Waals surface area (Å²) >= 11 is 1.46. The quantitative estimate of drug-likeness (QED) is 0.360. The Kier molecular flexibility index (Phi) is 4.07. The summed E-state index contributed by atoms with van der Waals surface area (Å²) in [7, 11) is 3.36. The monoisotopic (exact) mass is 372 g/mol. The van der Waals surface area contributed by atoms with Crippen molar-refractivity contribution in [3.05, 3.63) is 45.6 Å². The zero-order valence-corrected chi connectivity index (χ0v) is 15.0. The molecule has 0 fully saturated rings. The van der Waals surface area contributed by atoms with E-state index in [1.54, 1.807) is 41.6 Å². The Bertz CT molecular complexity index is 1190. The highest BCUT2D eigenvalue weighted by atomic mass is 32.2. The Morgan fingerprint density at radius 2 is 2.04 bits per heavy atom. The number of aromatic nitrogens is 8. The van der Waals surface area contributed by atoms with Gasteiger partial charge < -0.3 is 4.57 Å². The fourth-order valence-corrected chi connectivity index (χ4v) is 3.50. The standard InChI is InChI=1S/C15H16N8O2S/c1-20-9-17-11-10(20)12(24)22(15(25)21(11)2)6-4-8-26-14-18-13-16-5-3-7-23(13)19-14/h3,5,7,9H,4,6,8H2,1-2H3. The second-order valence-corrected chi connectivity index (χ2v) is 6.85. The molecular formula is C15H16N8O2S. The molecule has 134 valence electrons. The Labute approximate surface area is 151 Å². The van der Waals surface area contributed by atoms with Crippen molar-refractivity contribution in [3.8, 4) is 0 Å². The Hall–Kier alpha value is -2.95. The van der Waals surface area contributed by atoms with Gasteiger partial charge in [-0.3, -0.25) is 13.9 Å². The molecule has 0 radical (unpaired) electrons. The first-order valence-electron chi connectivity index (χ1n) is 7.97. The zero-order chi connectivity index (χ0) is 18.3. The zero-order valence-electron chi connectivity index (χ0n) is 14.2. The van der Waals surface area contributed by atoms with Crippen LogP contribution in [0.3, 0.4) is 0 Å². The van der Waals surface area contributed by atoms with E-state index in [9.17, 15) is 9.59 Å². The summed E-state index contributed by atoms with van der Waals surface area (Å²) in [5.41, 5.74) is 0.145. The molecule has 4 aromatic rings. The normalized spacial score (nSPS) is 11.6. The lowest BCUT2D eigenvalue weighted by molar-refractivity contribution is 0.594. The van der Waals surface area contributed by atoms with Gasteiger partial charge in [0.15, 0.2) is 11.2 Å². The van der Waals surface area contributed by atoms with Gasteiger partial charge in [-0.25, -0.2) is 19.3 Å². The van der Waals surface area contributed by atoms with E-state index in [-0.39, 0.29) is 11.2 Å². The maximum absolute atomic E-state index is 12.6. The number of rotatable bonds is 5. The maximum Gasteiger partial charge on any atom is 0.332 e. The van der Waals surface area contributed by atoms with Gasteiger partial charge in [0, 0.05) is 38.8 Å². The largest absolute Gasteiger partial charge is 0.332 e. The number of fused-ring (bicyclic) bond motifs is 2. The predicted octanol–water partition coefficient (Wildman–Crippen LogP) is 0.0538. The summed E-state index contributed by atoms with van der Waals surface area (Å²) in [6.07, 6.45) is 5.61. The third-order valence-corrected chi connectivity index (χ3v) is 4.98. The molecule has 4 rings (SSSR count). The van der Waals surface area contributed by atoms with Crippen LogP contribution >= 0.6 is 11.8 Å². The van der Waals surface area contributed by atoms with Crippen LogP contribution in [-0.2, 0) is 20.6 Å². The molecule has 0 spiro atoms. The lowest BCUT2D eigenvalue weighted by Gasteiger charge is -2.08. The van der Waals surface area contributed by atoms with E-state index in [0.29, 0.717) is 40.8 Å². The molecule has 0 atom stereocenters. The van der Waals surface area contributed by atoms with Gasteiger partial charge in [-0.2, -0.15) is 4.98 Å². The average Bonchev–Trinajstić information content (AvgIpc) is 3.22. The minimum atomic E-state index is -0.360. The Balaban J connectivity index is 1.50. The van der Waals surface area contributed by atoms with Crippen molar-refractivity contribution < 1.29 is 0 Å². The minimum Gasteiger partial charge on any atom is -0.328 e. The van der Waals surface area contributed by atoms with Crippen molar-refractivity contribution in [1.82, 2.24) is 38.3 Å². The van der Waals surface area contributed by atoms with Crippen LogP contribution in [0.2, 0.25) is 0 Å². The van der Waals surface area contributed by atoms with Crippen LogP contribution in [0.4, 0.5) is 0 Å². The van der Waals surface area contributed by atoms with Crippen molar-refractivity contribution in [3.63, 3.8) is 0 Å². The van der Waals surface area contributed by atoms with Gasteiger partial charge in [0.1, 0.15) is 0 Å². The van der Waals surface area contributed by atoms with E-state index >= 15 is 0 Å². The molecule has 11 heteroatoms. The first-order valence-corrected chi connectivity index (χ1v) is 8.96. The lowest BCUT2D eigenvalue weighted by Crippen LogP contribution is -2.39. The molecule has 0 bridgehead atoms. The Morgan fingerprint density at radius 1 is 1.19 bits per heavy atom. The first-order chi connectivity index (χ1) is 12.6. The number of hydrogen-bond acceptors (Lipinski definition) is 7. The molecule has 0 aromatic carbocycles. The van der Waals surface area contributed by atoms with Gasteiger partial charge in [0.25, 0.3) is 11.3 Å². The third kappa shape index (κ3) is 2.69. The van der Waals surface area contributed by atoms with Gasteiger partial charge in [-0.1, -0.05) is 11.8 Å². The number of thioether (sulfide) groups is 1. The topological polar surface area (TPSA) is 105 Å². The molecule has 10 nitrogen and oxygen atoms in total. The van der Waals surface area contributed by atoms with Crippen LogP contribution in [-0.4, -0.2) is 44.0 Å². The summed E-state index contributed by atoms with van der Waals surface area (Å²) in [4.78, 5) is 37.6. The van der Waals surface area contributed by atoms with Gasteiger partial charge in [0.05, 0.1) is 6.33 Å². The van der Waals surface area contributed by atoms with Crippen molar-refractivity contribution in [2.24, 2.45) is 14.1 Å². The highest BCUT2D eigenvalue weighted by Crippen LogP contribution is 2.14. The highest BCUT2D eigenvalue weighted by Gasteiger charge is 2.14. The van der Waals surface area contributed by atoms with Crippen molar-refractivity contribution in [2.75, 3.05) is 5.75 Å². The van der Waals surface area contributed by atoms with Crippen LogP contribution in [0.5, 0.6) is 0 Å². The first kappa shape index (κ1) is 16.5. The minimum absolute atomic E-state index is 0.317. The van der Waals surface area contributed by atoms with Crippen LogP contribution in [0.1, 0.15) is 6.42 Å². The van der Waals surface area contributed by atoms with Gasteiger partial charge in [-0.05, 0) is 12.5 Å². The third-order valence-electron chi connectivity index (χ3n) is 4.06. The van der Waals surface area contributed by atoms with Crippen molar-refractivity contribution in [2.45, 2.75) is 18.1 Å². The SMILES string of the molecule is Cn1cnc2c1c(=O)n(CCCSc1nc3ncccn3n1)c(=O)n2C. The molecule has 0 saturated carbocycles. The van der Waals surface area contributed by atoms with Gasteiger partial charge in [0.2, 0.25) is 5.16 Å². The lowest BCUT2D eigenvalue weighted by atomic mass is 10.4. The molecule has 4 heterocycles. The molecule has 0 aliphatic rings. The molecule has 0 amide bonds. The average molecular weight is 372 g/mol. The molecule has 26 heavy (non-hydrogen) atoms. The van der Waals surface area contributed by atoms with E-state index in [4.69, 9.17) is 0 Å². The second kappa shape index (κ2) is 6.41. The predicted molar refractivity (Wildman–Crippen MR) is 96.3 cm³/mol. The number of hydrogen-bond donors (Lipinski definition) is 0. The van der Waals surface area contributed by atoms with Crippen LogP contribution in [0.25, 0.3) is 16.9 Å². The van der Waals surface area contributed by atoms with E-state index in [2.05, 4.69) is 20.1 Å². The number of aryl methyl sites for hydroxylation is 2. The van der Waals surface area contributed by atoms with Crippen LogP contribution < -0.4 is 11.2 Å². The van der Waals surface area contributed by atoms with E-state index in [1.807, 2.05) is 0 Å². The smallest absolute Gasteiger partial charge is 0.328 e. The van der Waals surface area contributed by atoms with E-state index < -0.39 is 0 Å². The molecule has 0 N–H and O–H groups in total. The maximum atomic E-state index is 12.6. The molecule has 0 aliphatic heterocycles. The van der Waals surface area contributed by atoms with Crippen LogP contribution in [0, 0.1) is 0 Å². The van der Waals surface area contributed by atoms with Crippen molar-refractivity contribution >= 4 is 28.7 Å². The molecule has 4 aromatic heterocycles. The summed E-state index contributed by atoms with van der Waals surface area (Å²) in [6, 6.07) is 1.78. The highest BCUT2D eigenvalue weighted by molar-refractivity contribution is 7.99. The summed E-state index contributed by atoms with van der Waals surface area (Å²) in [5, 5.41) is 4.93. The number of imidazole rings is 1. The fourth-order valence-electron chi connectivity index (χ4n) is 2.75. The summed E-state index contributed by atoms with van der Waals surface area (Å²) in [6.45, 7) is 0.325. The van der Waals surface area contributed by atoms with Gasteiger partial charge >= 0.3 is 5.69 Å². The van der Waals surface area contributed by atoms with Crippen molar-refractivity contribution in [1.29, 1.82) is 0 Å². The molecule has 0 saturated heterocycles. The summed E-state index contributed by atoms with van der Waals surface area (Å²) < 4.78 is 5.90. The molecule has 0 aliphatic carbocycles. The van der Waals surface area contributed by atoms with E-state index in [0.717, 1.165) is 0 Å².